The fourth-order valence-corrected chi connectivity index (χ4v) is 3.30. The van der Waals surface area contributed by atoms with Crippen LogP contribution in [0.1, 0.15) is 18.2 Å². The summed E-state index contributed by atoms with van der Waals surface area (Å²) in [5.74, 6) is -0.481. The second kappa shape index (κ2) is 9.27. The maximum absolute atomic E-state index is 13.5. The Kier molecular flexibility index (Phi) is 6.40. The number of benzene rings is 2. The highest BCUT2D eigenvalue weighted by Crippen LogP contribution is 2.34. The summed E-state index contributed by atoms with van der Waals surface area (Å²) in [5, 5.41) is 14.6. The van der Waals surface area contributed by atoms with Gasteiger partial charge < -0.3 is 15.5 Å². The number of nitrogens with two attached hydrogens (primary N) is 1. The molecule has 0 saturated heterocycles. The summed E-state index contributed by atoms with van der Waals surface area (Å²) in [5.41, 5.74) is 5.72. The molecule has 1 atom stereocenters. The third-order valence-corrected chi connectivity index (χ3v) is 5.11. The van der Waals surface area contributed by atoms with Crippen molar-refractivity contribution in [3.63, 3.8) is 0 Å². The van der Waals surface area contributed by atoms with Crippen LogP contribution in [-0.4, -0.2) is 31.9 Å². The van der Waals surface area contributed by atoms with E-state index < -0.39 is 17.9 Å². The van der Waals surface area contributed by atoms with Crippen LogP contribution in [-0.2, 0) is 17.5 Å². The van der Waals surface area contributed by atoms with E-state index in [0.717, 1.165) is 10.7 Å². The number of halogens is 4. The summed E-state index contributed by atoms with van der Waals surface area (Å²) in [4.78, 5) is 11.8. The predicted molar refractivity (Wildman–Crippen MR) is 118 cm³/mol. The number of carbonyl (C=O) groups excluding carboxylic acids is 1. The lowest BCUT2D eigenvalue weighted by Crippen LogP contribution is -2.37. The molecule has 1 amide bonds. The van der Waals surface area contributed by atoms with Gasteiger partial charge in [-0.25, -0.2) is 4.68 Å². The smallest absolute Gasteiger partial charge is 0.415 e. The molecule has 2 aromatic carbocycles. The van der Waals surface area contributed by atoms with Crippen LogP contribution in [0.15, 0.2) is 59.0 Å². The van der Waals surface area contributed by atoms with Crippen LogP contribution < -0.4 is 11.1 Å². The van der Waals surface area contributed by atoms with Crippen LogP contribution >= 0.6 is 11.6 Å². The van der Waals surface area contributed by atoms with Gasteiger partial charge in [0, 0.05) is 12.6 Å². The molecule has 4 rings (SSSR count). The molecule has 0 spiro atoms. The van der Waals surface area contributed by atoms with E-state index in [2.05, 4.69) is 20.6 Å². The van der Waals surface area contributed by atoms with Crippen molar-refractivity contribution in [2.75, 3.05) is 0 Å². The Labute approximate surface area is 196 Å². The number of hydrogen-bond acceptors (Lipinski definition) is 6. The number of amides is 1. The Morgan fingerprint density at radius 1 is 1.15 bits per heavy atom. The normalized spacial score (nSPS) is 12.5. The summed E-state index contributed by atoms with van der Waals surface area (Å²) in [6.07, 6.45) is -4.70. The summed E-state index contributed by atoms with van der Waals surface area (Å²) in [6, 6.07) is 13.3. The minimum atomic E-state index is -4.70. The van der Waals surface area contributed by atoms with E-state index in [9.17, 15) is 18.0 Å². The van der Waals surface area contributed by atoms with E-state index in [0.29, 0.717) is 21.8 Å². The van der Waals surface area contributed by atoms with Crippen molar-refractivity contribution < 1.29 is 22.4 Å². The van der Waals surface area contributed by atoms with Crippen molar-refractivity contribution in [1.82, 2.24) is 25.3 Å². The molecule has 2 aromatic heterocycles. The van der Waals surface area contributed by atoms with Gasteiger partial charge in [0.1, 0.15) is 5.69 Å². The summed E-state index contributed by atoms with van der Waals surface area (Å²) in [7, 11) is 0. The standard InChI is InChI=1S/C22H18ClF3N6O2/c1-12(27)19(33)28-11-13-5-4-6-14(9-13)32-17(10-18(31-32)22(24,25)26)21-30-29-20(34-21)15-7-2-3-8-16(15)23/h2-10,12H,11,27H2,1H3,(H,28,33)/t12-/m0/s1. The number of nitrogens with one attached hydrogen (secondary N) is 1. The molecule has 0 aliphatic carbocycles. The first kappa shape index (κ1) is 23.5. The molecule has 0 bridgehead atoms. The van der Waals surface area contributed by atoms with Crippen LogP contribution in [0.3, 0.4) is 0 Å². The van der Waals surface area contributed by atoms with Crippen molar-refractivity contribution in [1.29, 1.82) is 0 Å². The van der Waals surface area contributed by atoms with Crippen LogP contribution in [0.5, 0.6) is 0 Å². The molecule has 3 N–H and O–H groups in total. The monoisotopic (exact) mass is 490 g/mol. The Morgan fingerprint density at radius 3 is 2.59 bits per heavy atom. The minimum Gasteiger partial charge on any atom is -0.415 e. The number of alkyl halides is 3. The van der Waals surface area contributed by atoms with Crippen LogP contribution in [0.4, 0.5) is 13.2 Å². The van der Waals surface area contributed by atoms with E-state index in [1.54, 1.807) is 55.5 Å². The molecule has 0 aliphatic heterocycles. The van der Waals surface area contributed by atoms with E-state index >= 15 is 0 Å². The average molecular weight is 491 g/mol. The second-order valence-corrected chi connectivity index (χ2v) is 7.80. The molecular weight excluding hydrogens is 473 g/mol. The maximum Gasteiger partial charge on any atom is 0.435 e. The lowest BCUT2D eigenvalue weighted by Gasteiger charge is -2.10. The van der Waals surface area contributed by atoms with Gasteiger partial charge in [0.15, 0.2) is 5.69 Å². The highest BCUT2D eigenvalue weighted by atomic mass is 35.5. The third-order valence-electron chi connectivity index (χ3n) is 4.78. The lowest BCUT2D eigenvalue weighted by molar-refractivity contribution is -0.141. The van der Waals surface area contributed by atoms with Gasteiger partial charge in [-0.2, -0.15) is 18.3 Å². The first-order valence-corrected chi connectivity index (χ1v) is 10.4. The van der Waals surface area contributed by atoms with Gasteiger partial charge in [0.05, 0.1) is 22.3 Å². The molecule has 0 aliphatic rings. The van der Waals surface area contributed by atoms with Crippen molar-refractivity contribution in [2.45, 2.75) is 25.7 Å². The molecule has 34 heavy (non-hydrogen) atoms. The molecule has 0 radical (unpaired) electrons. The van der Waals surface area contributed by atoms with Crippen LogP contribution in [0, 0.1) is 0 Å². The quantitative estimate of drug-likeness (QED) is 0.418. The minimum absolute atomic E-state index is 0.0503. The van der Waals surface area contributed by atoms with Crippen molar-refractivity contribution in [3.05, 3.63) is 70.9 Å². The van der Waals surface area contributed by atoms with Gasteiger partial charge in [-0.15, -0.1) is 10.2 Å². The van der Waals surface area contributed by atoms with Crippen LogP contribution in [0.2, 0.25) is 5.02 Å². The van der Waals surface area contributed by atoms with E-state index in [4.69, 9.17) is 21.8 Å². The van der Waals surface area contributed by atoms with E-state index in [-0.39, 0.29) is 29.9 Å². The molecular formula is C22H18ClF3N6O2. The zero-order chi connectivity index (χ0) is 24.5. The number of nitrogens with zero attached hydrogens (tertiary/aromatic N) is 4. The first-order valence-electron chi connectivity index (χ1n) is 10.0. The zero-order valence-electron chi connectivity index (χ0n) is 17.7. The van der Waals surface area contributed by atoms with Crippen molar-refractivity contribution in [2.24, 2.45) is 5.73 Å². The largest absolute Gasteiger partial charge is 0.435 e. The number of aromatic nitrogens is 4. The van der Waals surface area contributed by atoms with Crippen molar-refractivity contribution in [3.8, 4) is 28.7 Å². The van der Waals surface area contributed by atoms with Crippen molar-refractivity contribution >= 4 is 17.5 Å². The van der Waals surface area contributed by atoms with Crippen LogP contribution in [0.25, 0.3) is 28.7 Å². The number of carbonyl (C=O) groups is 1. The molecule has 4 aromatic rings. The zero-order valence-corrected chi connectivity index (χ0v) is 18.4. The average Bonchev–Trinajstić information content (AvgIpc) is 3.45. The fraction of sp³-hybridized carbons (Fsp3) is 0.182. The second-order valence-electron chi connectivity index (χ2n) is 7.39. The van der Waals surface area contributed by atoms with Gasteiger partial charge in [0.2, 0.25) is 11.8 Å². The Morgan fingerprint density at radius 2 is 1.88 bits per heavy atom. The van der Waals surface area contributed by atoms with E-state index in [1.165, 1.54) is 0 Å². The summed E-state index contributed by atoms with van der Waals surface area (Å²) < 4.78 is 47.2. The molecule has 8 nitrogen and oxygen atoms in total. The molecule has 12 heteroatoms. The van der Waals surface area contributed by atoms with Gasteiger partial charge in [-0.05, 0) is 36.8 Å². The first-order chi connectivity index (χ1) is 16.1. The number of rotatable bonds is 6. The van der Waals surface area contributed by atoms with Gasteiger partial charge in [-0.3, -0.25) is 4.79 Å². The topological polar surface area (TPSA) is 112 Å². The number of hydrogen-bond donors (Lipinski definition) is 2. The van der Waals surface area contributed by atoms with Gasteiger partial charge in [-0.1, -0.05) is 35.9 Å². The summed E-state index contributed by atoms with van der Waals surface area (Å²) >= 11 is 6.16. The lowest BCUT2D eigenvalue weighted by atomic mass is 10.2. The SMILES string of the molecule is C[C@H](N)C(=O)NCc1cccc(-n2nc(C(F)(F)F)cc2-c2nnc(-c3ccccc3Cl)o2)c1. The Balaban J connectivity index is 1.74. The highest BCUT2D eigenvalue weighted by Gasteiger charge is 2.36. The third kappa shape index (κ3) is 4.95. The van der Waals surface area contributed by atoms with Gasteiger partial charge in [0.25, 0.3) is 5.89 Å². The Hall–Kier alpha value is -3.70. The molecule has 0 unspecified atom stereocenters. The predicted octanol–water partition coefficient (Wildman–Crippen LogP) is 4.22. The molecule has 0 saturated carbocycles. The molecule has 2 heterocycles. The molecule has 176 valence electrons. The Bertz CT molecular complexity index is 1330. The summed E-state index contributed by atoms with van der Waals surface area (Å²) in [6.45, 7) is 1.68. The highest BCUT2D eigenvalue weighted by molar-refractivity contribution is 6.33. The molecule has 0 fully saturated rings. The fourth-order valence-electron chi connectivity index (χ4n) is 3.09. The van der Waals surface area contributed by atoms with Gasteiger partial charge >= 0.3 is 6.18 Å². The maximum atomic E-state index is 13.5. The van der Waals surface area contributed by atoms with E-state index in [1.807, 2.05) is 0 Å².